The van der Waals surface area contributed by atoms with Gasteiger partial charge < -0.3 is 4.90 Å². The summed E-state index contributed by atoms with van der Waals surface area (Å²) in [5, 5.41) is 1.75. The Bertz CT molecular complexity index is 1030. The number of hydrogen-bond donors (Lipinski definition) is 0. The molecule has 1 amide bonds. The number of fused-ring (bicyclic) bond motifs is 1. The SMILES string of the molecule is CCN(CC)C(=O)CSc1nc2ccccc2c(=O)n1Cc1ccc(Cl)cc1. The normalized spacial score (nSPS) is 11.0. The van der Waals surface area contributed by atoms with Crippen molar-refractivity contribution in [3.05, 3.63) is 69.5 Å². The molecule has 0 unspecified atom stereocenters. The van der Waals surface area contributed by atoms with Crippen molar-refractivity contribution in [2.75, 3.05) is 18.8 Å². The third-order valence-electron chi connectivity index (χ3n) is 4.52. The minimum absolute atomic E-state index is 0.0375. The van der Waals surface area contributed by atoms with Gasteiger partial charge in [-0.05, 0) is 43.7 Å². The molecule has 3 aromatic rings. The highest BCUT2D eigenvalue weighted by Gasteiger charge is 2.15. The monoisotopic (exact) mass is 415 g/mol. The summed E-state index contributed by atoms with van der Waals surface area (Å²) >= 11 is 7.27. The molecule has 1 aromatic heterocycles. The summed E-state index contributed by atoms with van der Waals surface area (Å²) in [5.41, 5.74) is 1.47. The van der Waals surface area contributed by atoms with Crippen LogP contribution in [-0.2, 0) is 11.3 Å². The molecule has 5 nitrogen and oxygen atoms in total. The lowest BCUT2D eigenvalue weighted by Crippen LogP contribution is -2.32. The van der Waals surface area contributed by atoms with Crippen LogP contribution in [0.3, 0.4) is 0 Å². The molecule has 2 aromatic carbocycles. The van der Waals surface area contributed by atoms with Gasteiger partial charge in [-0.25, -0.2) is 4.98 Å². The largest absolute Gasteiger partial charge is 0.343 e. The van der Waals surface area contributed by atoms with Crippen molar-refractivity contribution in [2.45, 2.75) is 25.5 Å². The molecule has 0 atom stereocenters. The molecule has 3 rings (SSSR count). The van der Waals surface area contributed by atoms with E-state index in [0.717, 1.165) is 5.56 Å². The smallest absolute Gasteiger partial charge is 0.262 e. The summed E-state index contributed by atoms with van der Waals surface area (Å²) in [5.74, 6) is 0.281. The van der Waals surface area contributed by atoms with Gasteiger partial charge in [0.1, 0.15) is 0 Å². The zero-order valence-electron chi connectivity index (χ0n) is 15.9. The van der Waals surface area contributed by atoms with Gasteiger partial charge in [0, 0.05) is 18.1 Å². The first-order valence-electron chi connectivity index (χ1n) is 9.18. The lowest BCUT2D eigenvalue weighted by Gasteiger charge is -2.19. The van der Waals surface area contributed by atoms with Gasteiger partial charge in [-0.3, -0.25) is 14.2 Å². The maximum Gasteiger partial charge on any atom is 0.262 e. The van der Waals surface area contributed by atoms with Gasteiger partial charge in [-0.1, -0.05) is 47.6 Å². The van der Waals surface area contributed by atoms with E-state index in [1.165, 1.54) is 11.8 Å². The first-order chi connectivity index (χ1) is 13.5. The molecule has 0 aliphatic rings. The minimum Gasteiger partial charge on any atom is -0.343 e. The number of para-hydroxylation sites is 1. The zero-order valence-corrected chi connectivity index (χ0v) is 17.5. The number of benzene rings is 2. The van der Waals surface area contributed by atoms with E-state index in [4.69, 9.17) is 11.6 Å². The van der Waals surface area contributed by atoms with Gasteiger partial charge in [-0.15, -0.1) is 0 Å². The van der Waals surface area contributed by atoms with Crippen LogP contribution in [0.2, 0.25) is 5.02 Å². The molecule has 1 heterocycles. The topological polar surface area (TPSA) is 55.2 Å². The summed E-state index contributed by atoms with van der Waals surface area (Å²) in [6, 6.07) is 14.7. The van der Waals surface area contributed by atoms with Crippen LogP contribution in [0, 0.1) is 0 Å². The standard InChI is InChI=1S/C21H22ClN3O2S/c1-3-24(4-2)19(26)14-28-21-23-18-8-6-5-7-17(18)20(27)25(21)13-15-9-11-16(22)12-10-15/h5-12H,3-4,13-14H2,1-2H3. The maximum absolute atomic E-state index is 13.1. The van der Waals surface area contributed by atoms with E-state index in [2.05, 4.69) is 4.98 Å². The van der Waals surface area contributed by atoms with Crippen molar-refractivity contribution in [1.29, 1.82) is 0 Å². The van der Waals surface area contributed by atoms with E-state index >= 15 is 0 Å². The van der Waals surface area contributed by atoms with Crippen molar-refractivity contribution in [3.63, 3.8) is 0 Å². The number of nitrogens with zero attached hydrogens (tertiary/aromatic N) is 3. The summed E-state index contributed by atoms with van der Waals surface area (Å²) in [6.45, 7) is 5.61. The highest BCUT2D eigenvalue weighted by Crippen LogP contribution is 2.20. The lowest BCUT2D eigenvalue weighted by molar-refractivity contribution is -0.127. The van der Waals surface area contributed by atoms with E-state index in [0.29, 0.717) is 40.7 Å². The molecular weight excluding hydrogens is 394 g/mol. The third-order valence-corrected chi connectivity index (χ3v) is 5.73. The predicted molar refractivity (Wildman–Crippen MR) is 115 cm³/mol. The van der Waals surface area contributed by atoms with E-state index in [1.807, 2.05) is 44.2 Å². The Morgan fingerprint density at radius 3 is 2.46 bits per heavy atom. The zero-order chi connectivity index (χ0) is 20.1. The van der Waals surface area contributed by atoms with Gasteiger partial charge in [0.05, 0.1) is 23.2 Å². The second-order valence-electron chi connectivity index (χ2n) is 6.28. The van der Waals surface area contributed by atoms with Crippen LogP contribution in [0.1, 0.15) is 19.4 Å². The third kappa shape index (κ3) is 4.56. The van der Waals surface area contributed by atoms with Crippen LogP contribution in [0.25, 0.3) is 10.9 Å². The molecule has 0 bridgehead atoms. The average molecular weight is 416 g/mol. The molecule has 0 N–H and O–H groups in total. The van der Waals surface area contributed by atoms with Crippen molar-refractivity contribution in [2.24, 2.45) is 0 Å². The highest BCUT2D eigenvalue weighted by atomic mass is 35.5. The second kappa shape index (κ2) is 9.26. The summed E-state index contributed by atoms with van der Waals surface area (Å²) in [4.78, 5) is 31.9. The summed E-state index contributed by atoms with van der Waals surface area (Å²) in [7, 11) is 0. The fourth-order valence-electron chi connectivity index (χ4n) is 2.96. The predicted octanol–water partition coefficient (Wildman–Crippen LogP) is 4.06. The van der Waals surface area contributed by atoms with Crippen molar-refractivity contribution < 1.29 is 4.79 Å². The molecule has 0 aliphatic heterocycles. The summed E-state index contributed by atoms with van der Waals surface area (Å²) < 4.78 is 1.63. The van der Waals surface area contributed by atoms with E-state index in [1.54, 1.807) is 27.7 Å². The average Bonchev–Trinajstić information content (AvgIpc) is 2.71. The van der Waals surface area contributed by atoms with Crippen LogP contribution in [-0.4, -0.2) is 39.2 Å². The lowest BCUT2D eigenvalue weighted by atomic mass is 10.2. The molecule has 0 fully saturated rings. The molecule has 0 spiro atoms. The van der Waals surface area contributed by atoms with Crippen LogP contribution in [0.4, 0.5) is 0 Å². The molecular formula is C21H22ClN3O2S. The Morgan fingerprint density at radius 1 is 1.11 bits per heavy atom. The van der Waals surface area contributed by atoms with Crippen molar-refractivity contribution >= 4 is 40.2 Å². The van der Waals surface area contributed by atoms with Gasteiger partial charge in [0.15, 0.2) is 5.16 Å². The van der Waals surface area contributed by atoms with E-state index in [-0.39, 0.29) is 17.2 Å². The Balaban J connectivity index is 1.98. The van der Waals surface area contributed by atoms with Crippen LogP contribution < -0.4 is 5.56 Å². The molecule has 0 saturated carbocycles. The first kappa shape index (κ1) is 20.4. The molecule has 7 heteroatoms. The van der Waals surface area contributed by atoms with Gasteiger partial charge in [0.2, 0.25) is 5.91 Å². The van der Waals surface area contributed by atoms with Gasteiger partial charge in [0.25, 0.3) is 5.56 Å². The Hall–Kier alpha value is -2.31. The number of aromatic nitrogens is 2. The number of rotatable bonds is 7. The number of carbonyl (C=O) groups is 1. The number of hydrogen-bond acceptors (Lipinski definition) is 4. The quantitative estimate of drug-likeness (QED) is 0.431. The Morgan fingerprint density at radius 2 is 1.79 bits per heavy atom. The fraction of sp³-hybridized carbons (Fsp3) is 0.286. The number of halogens is 1. The highest BCUT2D eigenvalue weighted by molar-refractivity contribution is 7.99. The Kier molecular flexibility index (Phi) is 6.75. The molecule has 0 aliphatic carbocycles. The van der Waals surface area contributed by atoms with Gasteiger partial charge >= 0.3 is 0 Å². The summed E-state index contributed by atoms with van der Waals surface area (Å²) in [6.07, 6.45) is 0. The number of amides is 1. The van der Waals surface area contributed by atoms with Crippen LogP contribution in [0.5, 0.6) is 0 Å². The van der Waals surface area contributed by atoms with E-state index < -0.39 is 0 Å². The van der Waals surface area contributed by atoms with Gasteiger partial charge in [-0.2, -0.15) is 0 Å². The molecule has 0 radical (unpaired) electrons. The number of carbonyl (C=O) groups excluding carboxylic acids is 1. The minimum atomic E-state index is -0.113. The number of thioether (sulfide) groups is 1. The maximum atomic E-state index is 13.1. The van der Waals surface area contributed by atoms with E-state index in [9.17, 15) is 9.59 Å². The fourth-order valence-corrected chi connectivity index (χ4v) is 3.99. The van der Waals surface area contributed by atoms with Crippen molar-refractivity contribution in [1.82, 2.24) is 14.5 Å². The Labute approximate surface area is 173 Å². The van der Waals surface area contributed by atoms with Crippen LogP contribution in [0.15, 0.2) is 58.5 Å². The van der Waals surface area contributed by atoms with Crippen molar-refractivity contribution in [3.8, 4) is 0 Å². The molecule has 28 heavy (non-hydrogen) atoms. The first-order valence-corrected chi connectivity index (χ1v) is 10.5. The molecule has 0 saturated heterocycles. The second-order valence-corrected chi connectivity index (χ2v) is 7.66. The molecule has 146 valence electrons. The van der Waals surface area contributed by atoms with Crippen LogP contribution >= 0.6 is 23.4 Å².